The van der Waals surface area contributed by atoms with Crippen molar-refractivity contribution in [3.63, 3.8) is 0 Å². The van der Waals surface area contributed by atoms with Gasteiger partial charge < -0.3 is 0 Å². The summed E-state index contributed by atoms with van der Waals surface area (Å²) in [5, 5.41) is 0. The fourth-order valence-corrected chi connectivity index (χ4v) is 2.30. The van der Waals surface area contributed by atoms with Crippen LogP contribution in [0.4, 0.5) is 0 Å². The van der Waals surface area contributed by atoms with Gasteiger partial charge in [0.25, 0.3) is 0 Å². The highest BCUT2D eigenvalue weighted by Gasteiger charge is 2.02. The summed E-state index contributed by atoms with van der Waals surface area (Å²) in [7, 11) is 0. The standard InChI is InChI=1S/C16H31N2/c1-3-5-7-8-9-10-11-13-18-15-14-17(16-18)12-6-4-2/h14-16H,3-13H2,1-2H3/q+1. The van der Waals surface area contributed by atoms with Gasteiger partial charge in [0.1, 0.15) is 12.4 Å². The lowest BCUT2D eigenvalue weighted by atomic mass is 10.1. The zero-order chi connectivity index (χ0) is 13.1. The van der Waals surface area contributed by atoms with Gasteiger partial charge in [0.05, 0.1) is 13.1 Å². The van der Waals surface area contributed by atoms with Crippen LogP contribution in [-0.4, -0.2) is 4.57 Å². The Morgan fingerprint density at radius 2 is 1.50 bits per heavy atom. The van der Waals surface area contributed by atoms with Crippen LogP contribution < -0.4 is 4.57 Å². The second-order valence-corrected chi connectivity index (χ2v) is 5.36. The molecule has 0 amide bonds. The molecular weight excluding hydrogens is 220 g/mol. The third-order valence-electron chi connectivity index (χ3n) is 3.54. The van der Waals surface area contributed by atoms with E-state index in [-0.39, 0.29) is 0 Å². The maximum Gasteiger partial charge on any atom is 0.243 e. The lowest BCUT2D eigenvalue weighted by molar-refractivity contribution is -0.696. The Bertz CT molecular complexity index is 291. The van der Waals surface area contributed by atoms with Gasteiger partial charge in [-0.1, -0.05) is 52.4 Å². The molecule has 0 bridgehead atoms. The summed E-state index contributed by atoms with van der Waals surface area (Å²) >= 11 is 0. The predicted octanol–water partition coefficient (Wildman–Crippen LogP) is 4.33. The van der Waals surface area contributed by atoms with Gasteiger partial charge in [-0.25, -0.2) is 9.13 Å². The Hall–Kier alpha value is -0.790. The molecule has 1 aromatic rings. The Morgan fingerprint density at radius 3 is 2.22 bits per heavy atom. The monoisotopic (exact) mass is 251 g/mol. The maximum absolute atomic E-state index is 2.34. The first-order chi connectivity index (χ1) is 8.86. The molecule has 2 heteroatoms. The predicted molar refractivity (Wildman–Crippen MR) is 77.5 cm³/mol. The van der Waals surface area contributed by atoms with Crippen molar-refractivity contribution in [3.8, 4) is 0 Å². The number of aromatic nitrogens is 2. The van der Waals surface area contributed by atoms with Gasteiger partial charge in [0.2, 0.25) is 6.33 Å². The van der Waals surface area contributed by atoms with Gasteiger partial charge in [-0.3, -0.25) is 0 Å². The third-order valence-corrected chi connectivity index (χ3v) is 3.54. The minimum atomic E-state index is 1.17. The van der Waals surface area contributed by atoms with Crippen LogP contribution >= 0.6 is 0 Å². The normalized spacial score (nSPS) is 11.0. The van der Waals surface area contributed by atoms with Crippen molar-refractivity contribution in [1.29, 1.82) is 0 Å². The van der Waals surface area contributed by atoms with E-state index in [1.54, 1.807) is 0 Å². The first kappa shape index (κ1) is 15.3. The SMILES string of the molecule is CCCCCCCCCn1cc[n+](CCCC)c1. The van der Waals surface area contributed by atoms with Crippen LogP contribution in [0.25, 0.3) is 0 Å². The van der Waals surface area contributed by atoms with Gasteiger partial charge in [0.15, 0.2) is 0 Å². The molecule has 0 aromatic carbocycles. The molecule has 1 aromatic heterocycles. The zero-order valence-electron chi connectivity index (χ0n) is 12.4. The zero-order valence-corrected chi connectivity index (χ0v) is 12.4. The lowest BCUT2D eigenvalue weighted by Crippen LogP contribution is -2.30. The lowest BCUT2D eigenvalue weighted by Gasteiger charge is -1.99. The minimum Gasteiger partial charge on any atom is -0.237 e. The van der Waals surface area contributed by atoms with Crippen molar-refractivity contribution in [2.75, 3.05) is 0 Å². The molecule has 0 aliphatic carbocycles. The van der Waals surface area contributed by atoms with Crippen LogP contribution in [0.1, 0.15) is 71.6 Å². The van der Waals surface area contributed by atoms with Crippen molar-refractivity contribution in [1.82, 2.24) is 4.57 Å². The van der Waals surface area contributed by atoms with Crippen molar-refractivity contribution in [2.45, 2.75) is 84.7 Å². The molecule has 18 heavy (non-hydrogen) atoms. The topological polar surface area (TPSA) is 8.81 Å². The largest absolute Gasteiger partial charge is 0.243 e. The van der Waals surface area contributed by atoms with Crippen molar-refractivity contribution < 1.29 is 4.57 Å². The molecule has 0 unspecified atom stereocenters. The highest BCUT2D eigenvalue weighted by molar-refractivity contribution is 4.66. The Balaban J connectivity index is 2.03. The summed E-state index contributed by atoms with van der Waals surface area (Å²) in [6.07, 6.45) is 19.0. The van der Waals surface area contributed by atoms with Crippen molar-refractivity contribution in [3.05, 3.63) is 18.7 Å². The number of nitrogens with zero attached hydrogens (tertiary/aromatic N) is 2. The molecule has 2 nitrogen and oxygen atoms in total. The van der Waals surface area contributed by atoms with Crippen molar-refractivity contribution >= 4 is 0 Å². The van der Waals surface area contributed by atoms with E-state index in [1.165, 1.54) is 70.9 Å². The summed E-state index contributed by atoms with van der Waals surface area (Å²) in [6, 6.07) is 0. The second-order valence-electron chi connectivity index (χ2n) is 5.36. The average Bonchev–Trinajstić information content (AvgIpc) is 2.83. The number of hydrogen-bond donors (Lipinski definition) is 0. The first-order valence-corrected chi connectivity index (χ1v) is 7.91. The fourth-order valence-electron chi connectivity index (χ4n) is 2.30. The molecular formula is C16H31N2+. The van der Waals surface area contributed by atoms with E-state index in [0.29, 0.717) is 0 Å². The van der Waals surface area contributed by atoms with E-state index in [0.717, 1.165) is 0 Å². The molecule has 0 saturated carbocycles. The van der Waals surface area contributed by atoms with Gasteiger partial charge >= 0.3 is 0 Å². The molecule has 0 aliphatic rings. The molecule has 1 heterocycles. The molecule has 0 atom stereocenters. The van der Waals surface area contributed by atoms with Crippen molar-refractivity contribution in [2.24, 2.45) is 0 Å². The molecule has 0 spiro atoms. The van der Waals surface area contributed by atoms with Crippen LogP contribution in [0.3, 0.4) is 0 Å². The first-order valence-electron chi connectivity index (χ1n) is 7.91. The molecule has 0 fully saturated rings. The minimum absolute atomic E-state index is 1.17. The van der Waals surface area contributed by atoms with Gasteiger partial charge in [-0.2, -0.15) is 0 Å². The highest BCUT2D eigenvalue weighted by atomic mass is 15.1. The van der Waals surface area contributed by atoms with Gasteiger partial charge in [-0.05, 0) is 19.3 Å². The summed E-state index contributed by atoms with van der Waals surface area (Å²) in [5.74, 6) is 0. The van der Waals surface area contributed by atoms with Gasteiger partial charge in [-0.15, -0.1) is 0 Å². The fraction of sp³-hybridized carbons (Fsp3) is 0.812. The van der Waals surface area contributed by atoms with Crippen LogP contribution in [0.15, 0.2) is 18.7 Å². The molecule has 0 radical (unpaired) electrons. The van der Waals surface area contributed by atoms with Crippen LogP contribution in [0.2, 0.25) is 0 Å². The number of imidazole rings is 1. The van der Waals surface area contributed by atoms with Crippen LogP contribution in [0.5, 0.6) is 0 Å². The Kier molecular flexibility index (Phi) is 8.62. The molecule has 0 N–H and O–H groups in total. The number of unbranched alkanes of at least 4 members (excludes halogenated alkanes) is 7. The number of hydrogen-bond acceptors (Lipinski definition) is 0. The summed E-state index contributed by atoms with van der Waals surface area (Å²) in [6.45, 7) is 6.88. The van der Waals surface area contributed by atoms with Crippen LogP contribution in [0, 0.1) is 0 Å². The quantitative estimate of drug-likeness (QED) is 0.409. The third kappa shape index (κ3) is 6.83. The second kappa shape index (κ2) is 10.2. The van der Waals surface area contributed by atoms with E-state index in [9.17, 15) is 0 Å². The summed E-state index contributed by atoms with van der Waals surface area (Å²) in [4.78, 5) is 0. The number of rotatable bonds is 11. The maximum atomic E-state index is 2.34. The Labute approximate surface area is 113 Å². The van der Waals surface area contributed by atoms with E-state index in [2.05, 4.69) is 41.7 Å². The average molecular weight is 251 g/mol. The van der Waals surface area contributed by atoms with E-state index < -0.39 is 0 Å². The van der Waals surface area contributed by atoms with E-state index in [1.807, 2.05) is 0 Å². The summed E-state index contributed by atoms with van der Waals surface area (Å²) < 4.78 is 4.65. The van der Waals surface area contributed by atoms with Crippen LogP contribution in [-0.2, 0) is 13.1 Å². The summed E-state index contributed by atoms with van der Waals surface area (Å²) in [5.41, 5.74) is 0. The Morgan fingerprint density at radius 1 is 0.833 bits per heavy atom. The smallest absolute Gasteiger partial charge is 0.237 e. The molecule has 0 aliphatic heterocycles. The number of aryl methyl sites for hydroxylation is 2. The van der Waals surface area contributed by atoms with Gasteiger partial charge in [0, 0.05) is 0 Å². The van der Waals surface area contributed by atoms with E-state index in [4.69, 9.17) is 0 Å². The van der Waals surface area contributed by atoms with E-state index >= 15 is 0 Å². The molecule has 104 valence electrons. The highest BCUT2D eigenvalue weighted by Crippen LogP contribution is 2.07. The molecule has 1 rings (SSSR count). The molecule has 0 saturated heterocycles.